The molecular formula is C14H11Br2NO3. The number of halogens is 2. The largest absolute Gasteiger partial charge is 0.449 e. The van der Waals surface area contributed by atoms with E-state index in [2.05, 4.69) is 31.9 Å². The Morgan fingerprint density at radius 1 is 1.25 bits per heavy atom. The van der Waals surface area contributed by atoms with Crippen LogP contribution in [0.3, 0.4) is 0 Å². The summed E-state index contributed by atoms with van der Waals surface area (Å²) in [5.41, 5.74) is 1.65. The standard InChI is InChI=1S/C14H11Br2NO3/c1-9-3-2-4-13(14(9)17(18)19)20-12-6-5-10(8-15)7-11(12)16/h2-7H,8H2,1H3. The minimum atomic E-state index is -0.425. The molecule has 104 valence electrons. The summed E-state index contributed by atoms with van der Waals surface area (Å²) in [6.45, 7) is 1.69. The van der Waals surface area contributed by atoms with E-state index in [-0.39, 0.29) is 11.4 Å². The van der Waals surface area contributed by atoms with Crippen LogP contribution in [0.5, 0.6) is 11.5 Å². The molecule has 0 N–H and O–H groups in total. The molecule has 0 spiro atoms. The number of para-hydroxylation sites is 1. The van der Waals surface area contributed by atoms with Crippen molar-refractivity contribution >= 4 is 37.5 Å². The fourth-order valence-corrected chi connectivity index (χ4v) is 2.63. The Labute approximate surface area is 133 Å². The van der Waals surface area contributed by atoms with E-state index < -0.39 is 4.92 Å². The summed E-state index contributed by atoms with van der Waals surface area (Å²) in [7, 11) is 0. The van der Waals surface area contributed by atoms with Crippen LogP contribution < -0.4 is 4.74 Å². The molecule has 20 heavy (non-hydrogen) atoms. The van der Waals surface area contributed by atoms with Gasteiger partial charge in [-0.05, 0) is 46.6 Å². The zero-order chi connectivity index (χ0) is 14.7. The molecule has 0 atom stereocenters. The summed E-state index contributed by atoms with van der Waals surface area (Å²) in [6.07, 6.45) is 0. The second-order valence-corrected chi connectivity index (χ2v) is 5.59. The predicted molar refractivity (Wildman–Crippen MR) is 84.7 cm³/mol. The van der Waals surface area contributed by atoms with Gasteiger partial charge in [0.25, 0.3) is 0 Å². The molecule has 0 unspecified atom stereocenters. The molecule has 0 heterocycles. The first kappa shape index (κ1) is 15.0. The predicted octanol–water partition coefficient (Wildman–Crippen LogP) is 5.35. The molecule has 0 saturated carbocycles. The average molecular weight is 401 g/mol. The number of ether oxygens (including phenoxy) is 1. The van der Waals surface area contributed by atoms with Crippen molar-refractivity contribution in [1.82, 2.24) is 0 Å². The minimum Gasteiger partial charge on any atom is -0.449 e. The zero-order valence-corrected chi connectivity index (χ0v) is 13.8. The fraction of sp³-hybridized carbons (Fsp3) is 0.143. The molecule has 2 aromatic rings. The molecule has 2 rings (SSSR count). The number of alkyl halides is 1. The van der Waals surface area contributed by atoms with Crippen LogP contribution in [0, 0.1) is 17.0 Å². The van der Waals surface area contributed by atoms with Crippen LogP contribution in [0.25, 0.3) is 0 Å². The Hall–Kier alpha value is -1.40. The van der Waals surface area contributed by atoms with Crippen molar-refractivity contribution < 1.29 is 9.66 Å². The number of hydrogen-bond acceptors (Lipinski definition) is 3. The van der Waals surface area contributed by atoms with Gasteiger partial charge in [-0.1, -0.05) is 34.1 Å². The van der Waals surface area contributed by atoms with Gasteiger partial charge in [-0.15, -0.1) is 0 Å². The molecule has 0 amide bonds. The Morgan fingerprint density at radius 2 is 2.00 bits per heavy atom. The van der Waals surface area contributed by atoms with Crippen LogP contribution in [0.4, 0.5) is 5.69 Å². The van der Waals surface area contributed by atoms with Crippen LogP contribution in [0.2, 0.25) is 0 Å². The van der Waals surface area contributed by atoms with Crippen molar-refractivity contribution in [3.8, 4) is 11.5 Å². The molecule has 0 bridgehead atoms. The van der Waals surface area contributed by atoms with Gasteiger partial charge in [0.15, 0.2) is 0 Å². The van der Waals surface area contributed by atoms with E-state index in [1.807, 2.05) is 12.1 Å². The summed E-state index contributed by atoms with van der Waals surface area (Å²) in [5, 5.41) is 11.9. The number of nitrogens with zero attached hydrogens (tertiary/aromatic N) is 1. The molecule has 2 aromatic carbocycles. The Balaban J connectivity index is 2.40. The first-order valence-electron chi connectivity index (χ1n) is 5.79. The summed E-state index contributed by atoms with van der Waals surface area (Å²) in [6, 6.07) is 10.6. The molecule has 0 aromatic heterocycles. The van der Waals surface area contributed by atoms with Crippen molar-refractivity contribution in [3.05, 3.63) is 62.1 Å². The lowest BCUT2D eigenvalue weighted by Crippen LogP contribution is -1.96. The zero-order valence-electron chi connectivity index (χ0n) is 10.6. The maximum atomic E-state index is 11.1. The van der Waals surface area contributed by atoms with Gasteiger partial charge in [0.1, 0.15) is 5.75 Å². The van der Waals surface area contributed by atoms with E-state index in [0.29, 0.717) is 11.3 Å². The number of hydrogen-bond donors (Lipinski definition) is 0. The third kappa shape index (κ3) is 3.19. The molecule has 0 aliphatic heterocycles. The lowest BCUT2D eigenvalue weighted by Gasteiger charge is -2.10. The van der Waals surface area contributed by atoms with Gasteiger partial charge in [0.05, 0.1) is 9.40 Å². The average Bonchev–Trinajstić information content (AvgIpc) is 2.40. The molecule has 6 heteroatoms. The van der Waals surface area contributed by atoms with Gasteiger partial charge in [0.2, 0.25) is 5.75 Å². The van der Waals surface area contributed by atoms with E-state index >= 15 is 0 Å². The third-order valence-corrected chi connectivity index (χ3v) is 4.02. The summed E-state index contributed by atoms with van der Waals surface area (Å²) in [4.78, 5) is 10.7. The Kier molecular flexibility index (Phi) is 4.77. The quantitative estimate of drug-likeness (QED) is 0.394. The SMILES string of the molecule is Cc1cccc(Oc2ccc(CBr)cc2Br)c1[N+](=O)[O-]. The van der Waals surface area contributed by atoms with Crippen molar-refractivity contribution in [2.75, 3.05) is 0 Å². The minimum absolute atomic E-state index is 0.0102. The summed E-state index contributed by atoms with van der Waals surface area (Å²) < 4.78 is 6.43. The van der Waals surface area contributed by atoms with Gasteiger partial charge in [-0.25, -0.2) is 0 Å². The smallest absolute Gasteiger partial charge is 0.314 e. The Bertz CT molecular complexity index is 659. The highest BCUT2D eigenvalue weighted by Gasteiger charge is 2.19. The van der Waals surface area contributed by atoms with Gasteiger partial charge < -0.3 is 4.74 Å². The second-order valence-electron chi connectivity index (χ2n) is 4.18. The Morgan fingerprint density at radius 3 is 2.60 bits per heavy atom. The highest BCUT2D eigenvalue weighted by atomic mass is 79.9. The van der Waals surface area contributed by atoms with E-state index in [4.69, 9.17) is 4.74 Å². The van der Waals surface area contributed by atoms with Crippen molar-refractivity contribution in [2.24, 2.45) is 0 Å². The van der Waals surface area contributed by atoms with Crippen LogP contribution in [-0.2, 0) is 5.33 Å². The maximum Gasteiger partial charge on any atom is 0.314 e. The number of benzene rings is 2. The van der Waals surface area contributed by atoms with Crippen LogP contribution in [0.1, 0.15) is 11.1 Å². The summed E-state index contributed by atoms with van der Waals surface area (Å²) >= 11 is 6.78. The van der Waals surface area contributed by atoms with Crippen molar-refractivity contribution in [3.63, 3.8) is 0 Å². The van der Waals surface area contributed by atoms with E-state index in [9.17, 15) is 10.1 Å². The molecule has 0 saturated heterocycles. The molecule has 0 fully saturated rings. The van der Waals surface area contributed by atoms with Crippen LogP contribution >= 0.6 is 31.9 Å². The molecule has 0 radical (unpaired) electrons. The number of aryl methyl sites for hydroxylation is 1. The van der Waals surface area contributed by atoms with Gasteiger partial charge in [-0.3, -0.25) is 10.1 Å². The van der Waals surface area contributed by atoms with E-state index in [1.54, 1.807) is 31.2 Å². The molecule has 0 aliphatic carbocycles. The van der Waals surface area contributed by atoms with Gasteiger partial charge >= 0.3 is 5.69 Å². The molecular weight excluding hydrogens is 390 g/mol. The monoisotopic (exact) mass is 399 g/mol. The van der Waals surface area contributed by atoms with Crippen LogP contribution in [-0.4, -0.2) is 4.92 Å². The lowest BCUT2D eigenvalue weighted by molar-refractivity contribution is -0.386. The summed E-state index contributed by atoms with van der Waals surface area (Å²) in [5.74, 6) is 0.783. The van der Waals surface area contributed by atoms with Crippen molar-refractivity contribution in [1.29, 1.82) is 0 Å². The highest BCUT2D eigenvalue weighted by molar-refractivity contribution is 9.10. The van der Waals surface area contributed by atoms with Crippen LogP contribution in [0.15, 0.2) is 40.9 Å². The first-order valence-corrected chi connectivity index (χ1v) is 7.70. The molecule has 0 aliphatic rings. The number of nitro benzene ring substituents is 1. The second kappa shape index (κ2) is 6.37. The van der Waals surface area contributed by atoms with Crippen molar-refractivity contribution in [2.45, 2.75) is 12.3 Å². The lowest BCUT2D eigenvalue weighted by atomic mass is 10.2. The third-order valence-electron chi connectivity index (χ3n) is 2.75. The van der Waals surface area contributed by atoms with Gasteiger partial charge in [0, 0.05) is 10.9 Å². The highest BCUT2D eigenvalue weighted by Crippen LogP contribution is 2.37. The normalized spacial score (nSPS) is 10.3. The number of nitro groups is 1. The number of rotatable bonds is 4. The van der Waals surface area contributed by atoms with E-state index in [1.165, 1.54) is 0 Å². The fourth-order valence-electron chi connectivity index (χ4n) is 1.78. The molecule has 4 nitrogen and oxygen atoms in total. The van der Waals surface area contributed by atoms with E-state index in [0.717, 1.165) is 15.4 Å². The first-order chi connectivity index (χ1) is 9.52. The topological polar surface area (TPSA) is 52.4 Å². The van der Waals surface area contributed by atoms with Gasteiger partial charge in [-0.2, -0.15) is 0 Å². The maximum absolute atomic E-state index is 11.1.